The molecule has 136 valence electrons. The van der Waals surface area contributed by atoms with Gasteiger partial charge in [-0.15, -0.1) is 6.58 Å². The third-order valence-corrected chi connectivity index (χ3v) is 4.77. The fraction of sp³-hybridized carbons (Fsp3) is 0.231. The maximum Gasteiger partial charge on any atom is 0.146 e. The molecule has 27 heavy (non-hydrogen) atoms. The van der Waals surface area contributed by atoms with Crippen molar-refractivity contribution in [3.8, 4) is 11.8 Å². The van der Waals surface area contributed by atoms with Crippen molar-refractivity contribution in [1.29, 1.82) is 0 Å². The summed E-state index contributed by atoms with van der Waals surface area (Å²) in [5.74, 6) is 5.84. The molecule has 3 aromatic carbocycles. The van der Waals surface area contributed by atoms with E-state index in [1.807, 2.05) is 36.4 Å². The Kier molecular flexibility index (Phi) is 6.44. The maximum atomic E-state index is 14.8. The third-order valence-electron chi connectivity index (χ3n) is 4.77. The van der Waals surface area contributed by atoms with E-state index in [0.29, 0.717) is 10.9 Å². The van der Waals surface area contributed by atoms with Crippen LogP contribution in [0.4, 0.5) is 4.39 Å². The molecule has 0 aliphatic carbocycles. The van der Waals surface area contributed by atoms with Crippen LogP contribution in [-0.4, -0.2) is 0 Å². The second-order valence-corrected chi connectivity index (χ2v) is 6.86. The Hall–Kier alpha value is -2.85. The molecule has 0 unspecified atom stereocenters. The van der Waals surface area contributed by atoms with Crippen LogP contribution in [-0.2, 0) is 12.8 Å². The van der Waals surface area contributed by atoms with Gasteiger partial charge < -0.3 is 0 Å². The van der Waals surface area contributed by atoms with Gasteiger partial charge in [-0.25, -0.2) is 4.39 Å². The van der Waals surface area contributed by atoms with E-state index < -0.39 is 0 Å². The van der Waals surface area contributed by atoms with Crippen LogP contribution in [0.2, 0.25) is 0 Å². The summed E-state index contributed by atoms with van der Waals surface area (Å²) < 4.78 is 14.8. The van der Waals surface area contributed by atoms with E-state index in [2.05, 4.69) is 43.5 Å². The molecule has 0 aromatic heterocycles. The van der Waals surface area contributed by atoms with Gasteiger partial charge in [0.05, 0.1) is 5.56 Å². The number of unbranched alkanes of at least 4 members (excludes halogenated alkanes) is 1. The van der Waals surface area contributed by atoms with E-state index in [9.17, 15) is 4.39 Å². The minimum Gasteiger partial charge on any atom is -0.205 e. The van der Waals surface area contributed by atoms with Gasteiger partial charge in [-0.05, 0) is 60.4 Å². The van der Waals surface area contributed by atoms with Crippen molar-refractivity contribution in [3.05, 3.63) is 95.3 Å². The van der Waals surface area contributed by atoms with Gasteiger partial charge in [-0.1, -0.05) is 67.7 Å². The Labute approximate surface area is 161 Å². The smallest absolute Gasteiger partial charge is 0.146 e. The summed E-state index contributed by atoms with van der Waals surface area (Å²) in [5.41, 5.74) is 3.86. The average Bonchev–Trinajstić information content (AvgIpc) is 2.71. The summed E-state index contributed by atoms with van der Waals surface area (Å²) in [5, 5.41) is 1.58. The molecule has 0 atom stereocenters. The highest BCUT2D eigenvalue weighted by Crippen LogP contribution is 2.23. The molecular formula is C26H25F. The highest BCUT2D eigenvalue weighted by molar-refractivity contribution is 5.85. The van der Waals surface area contributed by atoms with Crippen molar-refractivity contribution in [2.75, 3.05) is 0 Å². The third kappa shape index (κ3) is 4.86. The van der Waals surface area contributed by atoms with E-state index in [0.717, 1.165) is 43.1 Å². The van der Waals surface area contributed by atoms with Gasteiger partial charge in [-0.3, -0.25) is 0 Å². The predicted molar refractivity (Wildman–Crippen MR) is 113 cm³/mol. The average molecular weight is 356 g/mol. The van der Waals surface area contributed by atoms with Crippen LogP contribution in [0, 0.1) is 17.7 Å². The molecule has 0 saturated carbocycles. The molecule has 3 rings (SSSR count). The largest absolute Gasteiger partial charge is 0.205 e. The topological polar surface area (TPSA) is 0 Å². The molecule has 0 fully saturated rings. The van der Waals surface area contributed by atoms with Crippen molar-refractivity contribution in [2.45, 2.75) is 39.0 Å². The fourth-order valence-corrected chi connectivity index (χ4v) is 3.14. The van der Waals surface area contributed by atoms with Crippen molar-refractivity contribution in [2.24, 2.45) is 0 Å². The fourth-order valence-electron chi connectivity index (χ4n) is 3.14. The molecule has 0 nitrogen and oxygen atoms in total. The van der Waals surface area contributed by atoms with Gasteiger partial charge in [0, 0.05) is 10.9 Å². The second-order valence-electron chi connectivity index (χ2n) is 6.86. The Morgan fingerprint density at radius 2 is 1.70 bits per heavy atom. The Balaban J connectivity index is 1.82. The molecule has 0 spiro atoms. The molecular weight excluding hydrogens is 331 g/mol. The van der Waals surface area contributed by atoms with Gasteiger partial charge >= 0.3 is 0 Å². The Bertz CT molecular complexity index is 984. The lowest BCUT2D eigenvalue weighted by atomic mass is 10.0. The van der Waals surface area contributed by atoms with E-state index >= 15 is 0 Å². The first-order valence-corrected chi connectivity index (χ1v) is 9.64. The molecule has 0 saturated heterocycles. The first-order chi connectivity index (χ1) is 13.2. The normalized spacial score (nSPS) is 10.4. The second kappa shape index (κ2) is 9.19. The summed E-state index contributed by atoms with van der Waals surface area (Å²) in [6.07, 6.45) is 7.23. The number of halogens is 1. The molecule has 0 N–H and O–H groups in total. The van der Waals surface area contributed by atoms with E-state index in [4.69, 9.17) is 0 Å². The first-order valence-electron chi connectivity index (χ1n) is 9.64. The molecule has 1 heteroatoms. The molecule has 3 aromatic rings. The summed E-state index contributed by atoms with van der Waals surface area (Å²) in [6.45, 7) is 5.93. The van der Waals surface area contributed by atoms with Gasteiger partial charge in [0.2, 0.25) is 0 Å². The van der Waals surface area contributed by atoms with E-state index in [-0.39, 0.29) is 5.82 Å². The monoisotopic (exact) mass is 356 g/mol. The number of hydrogen-bond acceptors (Lipinski definition) is 0. The first kappa shape index (κ1) is 18.9. The number of hydrogen-bond donors (Lipinski definition) is 0. The van der Waals surface area contributed by atoms with Gasteiger partial charge in [0.25, 0.3) is 0 Å². The highest BCUT2D eigenvalue weighted by Gasteiger charge is 2.06. The maximum absolute atomic E-state index is 14.8. The standard InChI is InChI=1S/C26H25F/c1-3-5-7-20-9-11-21(12-10-20)13-15-23-16-17-24-19-22(8-6-4-2)14-18-25(24)26(23)27/h3,9-12,14,16-19H,1,4-8H2,2H3. The van der Waals surface area contributed by atoms with Crippen LogP contribution in [0.5, 0.6) is 0 Å². The zero-order chi connectivity index (χ0) is 19.1. The molecule has 0 aliphatic rings. The number of rotatable bonds is 6. The van der Waals surface area contributed by atoms with Crippen LogP contribution in [0.3, 0.4) is 0 Å². The predicted octanol–water partition coefficient (Wildman–Crippen LogP) is 6.84. The van der Waals surface area contributed by atoms with Crippen molar-refractivity contribution in [3.63, 3.8) is 0 Å². The zero-order valence-electron chi connectivity index (χ0n) is 15.9. The molecule has 0 radical (unpaired) electrons. The van der Waals surface area contributed by atoms with Gasteiger partial charge in [-0.2, -0.15) is 0 Å². The Morgan fingerprint density at radius 1 is 0.926 bits per heavy atom. The lowest BCUT2D eigenvalue weighted by Crippen LogP contribution is -1.90. The van der Waals surface area contributed by atoms with Crippen LogP contribution >= 0.6 is 0 Å². The highest BCUT2D eigenvalue weighted by atomic mass is 19.1. The van der Waals surface area contributed by atoms with Crippen molar-refractivity contribution >= 4 is 10.8 Å². The quantitative estimate of drug-likeness (QED) is 0.335. The van der Waals surface area contributed by atoms with Crippen molar-refractivity contribution < 1.29 is 4.39 Å². The van der Waals surface area contributed by atoms with Gasteiger partial charge in [0.15, 0.2) is 0 Å². The number of aryl methyl sites for hydroxylation is 2. The van der Waals surface area contributed by atoms with E-state index in [1.165, 1.54) is 11.1 Å². The van der Waals surface area contributed by atoms with Crippen molar-refractivity contribution in [1.82, 2.24) is 0 Å². The van der Waals surface area contributed by atoms with Crippen LogP contribution in [0.1, 0.15) is 48.4 Å². The molecule has 0 heterocycles. The SMILES string of the molecule is C=CCCc1ccc(C#Cc2ccc3cc(CCCC)ccc3c2F)cc1. The number of allylic oxidation sites excluding steroid dienone is 1. The van der Waals surface area contributed by atoms with Gasteiger partial charge in [0.1, 0.15) is 5.82 Å². The lowest BCUT2D eigenvalue weighted by Gasteiger charge is -2.05. The summed E-state index contributed by atoms with van der Waals surface area (Å²) >= 11 is 0. The Morgan fingerprint density at radius 3 is 2.44 bits per heavy atom. The van der Waals surface area contributed by atoms with Crippen LogP contribution in [0.15, 0.2) is 67.3 Å². The van der Waals surface area contributed by atoms with Crippen LogP contribution in [0.25, 0.3) is 10.8 Å². The minimum absolute atomic E-state index is 0.232. The zero-order valence-corrected chi connectivity index (χ0v) is 15.9. The molecule has 0 bridgehead atoms. The molecule has 0 aliphatic heterocycles. The lowest BCUT2D eigenvalue weighted by molar-refractivity contribution is 0.636. The number of benzene rings is 3. The van der Waals surface area contributed by atoms with Crippen LogP contribution < -0.4 is 0 Å². The summed E-state index contributed by atoms with van der Waals surface area (Å²) in [7, 11) is 0. The molecule has 0 amide bonds. The summed E-state index contributed by atoms with van der Waals surface area (Å²) in [4.78, 5) is 0. The number of fused-ring (bicyclic) bond motifs is 1. The summed E-state index contributed by atoms with van der Waals surface area (Å²) in [6, 6.07) is 17.9. The van der Waals surface area contributed by atoms with E-state index in [1.54, 1.807) is 6.07 Å². The minimum atomic E-state index is -0.232.